The Morgan fingerprint density at radius 3 is 2.77 bits per heavy atom. The third-order valence-corrected chi connectivity index (χ3v) is 2.88. The molecule has 4 heteroatoms. The number of fused-ring (bicyclic) bond motifs is 1. The molecule has 0 aliphatic carbocycles. The highest BCUT2D eigenvalue weighted by Crippen LogP contribution is 2.23. The number of benzene rings is 1. The Morgan fingerprint density at radius 2 is 2.08 bits per heavy atom. The highest BCUT2D eigenvalue weighted by molar-refractivity contribution is 7.79. The fraction of sp³-hybridized carbons (Fsp3) is 0.111. The number of rotatable bonds is 1. The fourth-order valence-corrected chi connectivity index (χ4v) is 2.16. The van der Waals surface area contributed by atoms with Crippen molar-refractivity contribution >= 4 is 22.0 Å². The third kappa shape index (κ3) is 1.28. The van der Waals surface area contributed by atoms with Gasteiger partial charge in [-0.1, -0.05) is 18.2 Å². The molecule has 2 aromatic rings. The molecule has 0 aliphatic heterocycles. The van der Waals surface area contributed by atoms with Crippen LogP contribution in [0.15, 0.2) is 29.2 Å². The second kappa shape index (κ2) is 2.97. The predicted molar refractivity (Wildman–Crippen MR) is 52.1 cm³/mol. The van der Waals surface area contributed by atoms with E-state index in [-0.39, 0.29) is 0 Å². The molecule has 2 N–H and O–H groups in total. The molecule has 0 aliphatic rings. The van der Waals surface area contributed by atoms with Gasteiger partial charge in [0.1, 0.15) is 0 Å². The average molecular weight is 195 g/mol. The average Bonchev–Trinajstić information content (AvgIpc) is 2.39. The molecule has 0 saturated carbocycles. The van der Waals surface area contributed by atoms with Crippen molar-refractivity contribution in [2.24, 2.45) is 0 Å². The number of hydrogen-bond donors (Lipinski definition) is 2. The summed E-state index contributed by atoms with van der Waals surface area (Å²) in [5.41, 5.74) is 1.65. The molecule has 0 bridgehead atoms. The number of H-pyrrole nitrogens is 1. The minimum absolute atomic E-state index is 0.482. The maximum Gasteiger partial charge on any atom is 0.188 e. The van der Waals surface area contributed by atoms with Gasteiger partial charge in [0.2, 0.25) is 0 Å². The van der Waals surface area contributed by atoms with Crippen LogP contribution < -0.4 is 0 Å². The van der Waals surface area contributed by atoms with Gasteiger partial charge in [0, 0.05) is 16.6 Å². The van der Waals surface area contributed by atoms with Crippen molar-refractivity contribution in [3.63, 3.8) is 0 Å². The van der Waals surface area contributed by atoms with Crippen molar-refractivity contribution in [2.75, 3.05) is 0 Å². The van der Waals surface area contributed by atoms with Crippen LogP contribution in [0.25, 0.3) is 10.9 Å². The largest absolute Gasteiger partial charge is 0.358 e. The van der Waals surface area contributed by atoms with E-state index in [1.165, 1.54) is 0 Å². The lowest BCUT2D eigenvalue weighted by atomic mass is 10.2. The molecule has 1 aromatic carbocycles. The molecule has 1 aromatic heterocycles. The minimum Gasteiger partial charge on any atom is -0.358 e. The number of aryl methyl sites for hydroxylation is 1. The van der Waals surface area contributed by atoms with Gasteiger partial charge in [0.05, 0.1) is 4.90 Å². The summed E-state index contributed by atoms with van der Waals surface area (Å²) in [6.45, 7) is 1.80. The lowest BCUT2D eigenvalue weighted by Gasteiger charge is -1.92. The molecule has 3 nitrogen and oxygen atoms in total. The maximum absolute atomic E-state index is 11.0. The number of aromatic nitrogens is 1. The summed E-state index contributed by atoms with van der Waals surface area (Å²) < 4.78 is 20.0. The van der Waals surface area contributed by atoms with E-state index in [0.717, 1.165) is 16.6 Å². The SMILES string of the molecule is Cc1[nH]c2ccccc2c1S(=O)O. The fourth-order valence-electron chi connectivity index (χ4n) is 1.48. The Kier molecular flexibility index (Phi) is 1.94. The van der Waals surface area contributed by atoms with E-state index < -0.39 is 11.1 Å². The van der Waals surface area contributed by atoms with Crippen molar-refractivity contribution in [1.29, 1.82) is 0 Å². The van der Waals surface area contributed by atoms with Crippen LogP contribution in [0, 0.1) is 6.92 Å². The van der Waals surface area contributed by atoms with Gasteiger partial charge < -0.3 is 9.54 Å². The van der Waals surface area contributed by atoms with E-state index in [9.17, 15) is 4.21 Å². The molecule has 0 spiro atoms. The first-order chi connectivity index (χ1) is 6.20. The van der Waals surface area contributed by atoms with Crippen LogP contribution in [0.3, 0.4) is 0 Å². The lowest BCUT2D eigenvalue weighted by Crippen LogP contribution is -1.88. The van der Waals surface area contributed by atoms with Gasteiger partial charge in [-0.2, -0.15) is 0 Å². The van der Waals surface area contributed by atoms with Crippen molar-refractivity contribution < 1.29 is 8.76 Å². The maximum atomic E-state index is 11.0. The van der Waals surface area contributed by atoms with Gasteiger partial charge >= 0.3 is 0 Å². The molecular weight excluding hydrogens is 186 g/mol. The molecule has 13 heavy (non-hydrogen) atoms. The van der Waals surface area contributed by atoms with E-state index in [4.69, 9.17) is 4.55 Å². The second-order valence-corrected chi connectivity index (χ2v) is 3.78. The first-order valence-corrected chi connectivity index (χ1v) is 4.99. The van der Waals surface area contributed by atoms with Gasteiger partial charge in [-0.15, -0.1) is 0 Å². The summed E-state index contributed by atoms with van der Waals surface area (Å²) in [5, 5.41) is 0.820. The van der Waals surface area contributed by atoms with Crippen molar-refractivity contribution in [3.8, 4) is 0 Å². The van der Waals surface area contributed by atoms with Gasteiger partial charge in [-0.25, -0.2) is 4.21 Å². The standard InChI is InChI=1S/C9H9NO2S/c1-6-9(13(11)12)7-4-2-3-5-8(7)10-6/h2-5,10H,1H3,(H,11,12). The summed E-state index contributed by atoms with van der Waals surface area (Å²) in [4.78, 5) is 3.54. The molecule has 0 saturated heterocycles. The van der Waals surface area contributed by atoms with Crippen molar-refractivity contribution in [2.45, 2.75) is 11.8 Å². The predicted octanol–water partition coefficient (Wildman–Crippen LogP) is 2.06. The second-order valence-electron chi connectivity index (χ2n) is 2.87. The Hall–Kier alpha value is -1.13. The van der Waals surface area contributed by atoms with Gasteiger partial charge in [0.15, 0.2) is 11.1 Å². The number of hydrogen-bond acceptors (Lipinski definition) is 1. The topological polar surface area (TPSA) is 53.1 Å². The van der Waals surface area contributed by atoms with Crippen LogP contribution in [-0.2, 0) is 11.1 Å². The third-order valence-electron chi connectivity index (χ3n) is 2.01. The summed E-state index contributed by atoms with van der Waals surface area (Å²) in [5.74, 6) is 0. The van der Waals surface area contributed by atoms with Gasteiger partial charge in [0.25, 0.3) is 0 Å². The van der Waals surface area contributed by atoms with Crippen LogP contribution in [0.5, 0.6) is 0 Å². The normalized spacial score (nSPS) is 13.4. The summed E-state index contributed by atoms with van der Waals surface area (Å²) in [7, 11) is 0. The molecule has 1 atom stereocenters. The highest BCUT2D eigenvalue weighted by atomic mass is 32.2. The number of aromatic amines is 1. The molecule has 0 amide bonds. The van der Waals surface area contributed by atoms with Gasteiger partial charge in [-0.05, 0) is 13.0 Å². The zero-order valence-electron chi connectivity index (χ0n) is 7.07. The zero-order valence-corrected chi connectivity index (χ0v) is 7.89. The summed E-state index contributed by atoms with van der Waals surface area (Å²) in [6.07, 6.45) is 0. The monoisotopic (exact) mass is 195 g/mol. The zero-order chi connectivity index (χ0) is 9.42. The van der Waals surface area contributed by atoms with Crippen LogP contribution in [0.2, 0.25) is 0 Å². The van der Waals surface area contributed by atoms with Crippen molar-refractivity contribution in [3.05, 3.63) is 30.0 Å². The van der Waals surface area contributed by atoms with Crippen LogP contribution >= 0.6 is 0 Å². The molecule has 2 rings (SSSR count). The Labute approximate surface area is 78.1 Å². The quantitative estimate of drug-likeness (QED) is 0.684. The summed E-state index contributed by atoms with van der Waals surface area (Å²) in [6, 6.07) is 7.47. The van der Waals surface area contributed by atoms with E-state index in [1.807, 2.05) is 24.3 Å². The molecule has 0 fully saturated rings. The van der Waals surface area contributed by atoms with Crippen LogP contribution in [0.4, 0.5) is 0 Å². The molecule has 0 radical (unpaired) electrons. The van der Waals surface area contributed by atoms with Crippen LogP contribution in [-0.4, -0.2) is 13.7 Å². The highest BCUT2D eigenvalue weighted by Gasteiger charge is 2.11. The van der Waals surface area contributed by atoms with E-state index in [2.05, 4.69) is 4.98 Å². The smallest absolute Gasteiger partial charge is 0.188 e. The first kappa shape index (κ1) is 8.47. The van der Waals surface area contributed by atoms with Crippen molar-refractivity contribution in [1.82, 2.24) is 4.98 Å². The Balaban J connectivity index is 2.86. The van der Waals surface area contributed by atoms with Crippen LogP contribution in [0.1, 0.15) is 5.69 Å². The van der Waals surface area contributed by atoms with Gasteiger partial charge in [-0.3, -0.25) is 0 Å². The lowest BCUT2D eigenvalue weighted by molar-refractivity contribution is 0.564. The Bertz CT molecular complexity index is 475. The molecular formula is C9H9NO2S. The van der Waals surface area contributed by atoms with E-state index >= 15 is 0 Å². The number of para-hydroxylation sites is 1. The Morgan fingerprint density at radius 1 is 1.38 bits per heavy atom. The van der Waals surface area contributed by atoms with E-state index in [0.29, 0.717) is 4.90 Å². The minimum atomic E-state index is -1.92. The number of nitrogens with one attached hydrogen (secondary N) is 1. The van der Waals surface area contributed by atoms with E-state index in [1.54, 1.807) is 6.92 Å². The molecule has 68 valence electrons. The molecule has 1 unspecified atom stereocenters. The summed E-state index contributed by atoms with van der Waals surface area (Å²) >= 11 is -1.92. The molecule has 1 heterocycles. The first-order valence-electron chi connectivity index (χ1n) is 3.88.